The summed E-state index contributed by atoms with van der Waals surface area (Å²) < 4.78 is 1.63. The Labute approximate surface area is 204 Å². The molecule has 0 saturated heterocycles. The fourth-order valence-corrected chi connectivity index (χ4v) is 6.19. The summed E-state index contributed by atoms with van der Waals surface area (Å²) in [6.07, 6.45) is 0.841. The molecule has 0 atom stereocenters. The smallest absolute Gasteiger partial charge is 0.267 e. The third kappa shape index (κ3) is 4.56. The van der Waals surface area contributed by atoms with Crippen LogP contribution in [-0.4, -0.2) is 39.7 Å². The summed E-state index contributed by atoms with van der Waals surface area (Å²) in [4.78, 5) is 35.4. The van der Waals surface area contributed by atoms with Crippen molar-refractivity contribution in [2.75, 3.05) is 24.7 Å². The van der Waals surface area contributed by atoms with Crippen LogP contribution in [0.1, 0.15) is 10.4 Å². The maximum absolute atomic E-state index is 13.7. The summed E-state index contributed by atoms with van der Waals surface area (Å²) in [7, 11) is 2.09. The number of nitrogens with zero attached hydrogens (tertiary/aromatic N) is 3. The molecule has 2 aromatic carbocycles. The number of carbonyl (C=O) groups excluding carboxylic acids is 1. The summed E-state index contributed by atoms with van der Waals surface area (Å²) in [5, 5.41) is 4.69. The van der Waals surface area contributed by atoms with Crippen molar-refractivity contribution in [3.8, 4) is 5.69 Å². The zero-order valence-corrected chi connectivity index (χ0v) is 20.3. The van der Waals surface area contributed by atoms with E-state index in [1.807, 2.05) is 30.3 Å². The van der Waals surface area contributed by atoms with E-state index in [0.29, 0.717) is 21.3 Å². The highest BCUT2D eigenvalue weighted by atomic mass is 35.5. The van der Waals surface area contributed by atoms with Crippen LogP contribution in [0.5, 0.6) is 0 Å². The predicted molar refractivity (Wildman–Crippen MR) is 136 cm³/mol. The molecule has 4 aromatic rings. The van der Waals surface area contributed by atoms with Gasteiger partial charge in [-0.05, 0) is 55.4 Å². The molecule has 0 bridgehead atoms. The minimum Gasteiger partial charge on any atom is -0.325 e. The number of nitrogens with one attached hydrogen (secondary N) is 1. The number of likely N-dealkylation sites (N-methyl/N-ethyl adjacent to an activating group) is 1. The Morgan fingerprint density at radius 1 is 1.18 bits per heavy atom. The summed E-state index contributed by atoms with van der Waals surface area (Å²) in [5.41, 5.74) is 2.45. The van der Waals surface area contributed by atoms with Crippen LogP contribution >= 0.6 is 34.7 Å². The van der Waals surface area contributed by atoms with Gasteiger partial charge in [0.15, 0.2) is 5.16 Å². The normalized spacial score (nSPS) is 13.8. The lowest BCUT2D eigenvalue weighted by atomic mass is 10.1. The largest absolute Gasteiger partial charge is 0.325 e. The number of carbonyl (C=O) groups is 1. The van der Waals surface area contributed by atoms with Crippen LogP contribution in [0.25, 0.3) is 15.9 Å². The number of benzene rings is 2. The molecular weight excluding hydrogens is 476 g/mol. The van der Waals surface area contributed by atoms with Crippen molar-refractivity contribution in [1.29, 1.82) is 0 Å². The molecule has 0 fully saturated rings. The van der Waals surface area contributed by atoms with Crippen molar-refractivity contribution in [2.24, 2.45) is 0 Å². The van der Waals surface area contributed by atoms with Crippen molar-refractivity contribution < 1.29 is 4.79 Å². The molecule has 0 spiro atoms. The van der Waals surface area contributed by atoms with Gasteiger partial charge in [0.1, 0.15) is 4.83 Å². The molecule has 0 radical (unpaired) electrons. The minimum atomic E-state index is -0.177. The van der Waals surface area contributed by atoms with Gasteiger partial charge in [-0.15, -0.1) is 11.3 Å². The Balaban J connectivity index is 1.51. The van der Waals surface area contributed by atoms with E-state index in [4.69, 9.17) is 16.6 Å². The number of thioether (sulfide) groups is 1. The maximum atomic E-state index is 13.7. The van der Waals surface area contributed by atoms with E-state index in [1.54, 1.807) is 40.2 Å². The van der Waals surface area contributed by atoms with E-state index in [9.17, 15) is 9.59 Å². The highest BCUT2D eigenvalue weighted by Crippen LogP contribution is 2.34. The Kier molecular flexibility index (Phi) is 6.25. The van der Waals surface area contributed by atoms with Gasteiger partial charge in [-0.2, -0.15) is 0 Å². The topological polar surface area (TPSA) is 67.2 Å². The number of amides is 1. The van der Waals surface area contributed by atoms with Gasteiger partial charge < -0.3 is 10.2 Å². The predicted octanol–water partition coefficient (Wildman–Crippen LogP) is 4.82. The number of hydrogen-bond donors (Lipinski definition) is 1. The van der Waals surface area contributed by atoms with Crippen LogP contribution in [0.15, 0.2) is 64.5 Å². The molecule has 1 N–H and O–H groups in total. The third-order valence-electron chi connectivity index (χ3n) is 5.51. The van der Waals surface area contributed by atoms with E-state index < -0.39 is 0 Å². The number of hydrogen-bond acceptors (Lipinski definition) is 6. The number of anilines is 1. The lowest BCUT2D eigenvalue weighted by Crippen LogP contribution is -2.27. The van der Waals surface area contributed by atoms with Crippen molar-refractivity contribution in [3.05, 3.63) is 80.4 Å². The van der Waals surface area contributed by atoms with E-state index in [-0.39, 0.29) is 17.2 Å². The fraction of sp³-hybridized carbons (Fsp3) is 0.208. The average molecular weight is 497 g/mol. The summed E-state index contributed by atoms with van der Waals surface area (Å²) in [6, 6.07) is 16.4. The number of aromatic nitrogens is 2. The summed E-state index contributed by atoms with van der Waals surface area (Å²) >= 11 is 8.75. The molecule has 1 aliphatic rings. The van der Waals surface area contributed by atoms with Gasteiger partial charge in [0.25, 0.3) is 5.56 Å². The van der Waals surface area contributed by atoms with Crippen LogP contribution in [0.4, 0.5) is 5.69 Å². The fourth-order valence-electron chi connectivity index (χ4n) is 3.91. The third-order valence-corrected chi connectivity index (χ3v) is 7.81. The molecule has 5 rings (SSSR count). The minimum absolute atomic E-state index is 0.0751. The van der Waals surface area contributed by atoms with Crippen LogP contribution in [0, 0.1) is 0 Å². The van der Waals surface area contributed by atoms with Crippen LogP contribution < -0.4 is 10.9 Å². The second-order valence-electron chi connectivity index (χ2n) is 7.89. The Morgan fingerprint density at radius 2 is 1.94 bits per heavy atom. The van der Waals surface area contributed by atoms with Gasteiger partial charge in [0.2, 0.25) is 5.91 Å². The Hall–Kier alpha value is -2.65. The molecule has 9 heteroatoms. The van der Waals surface area contributed by atoms with E-state index in [1.165, 1.54) is 16.6 Å². The van der Waals surface area contributed by atoms with Crippen molar-refractivity contribution in [2.45, 2.75) is 18.1 Å². The van der Waals surface area contributed by atoms with Gasteiger partial charge in [-0.1, -0.05) is 41.6 Å². The number of fused-ring (bicyclic) bond motifs is 3. The zero-order valence-electron chi connectivity index (χ0n) is 17.9. The lowest BCUT2D eigenvalue weighted by molar-refractivity contribution is -0.113. The zero-order chi connectivity index (χ0) is 22.9. The summed E-state index contributed by atoms with van der Waals surface area (Å²) in [6.45, 7) is 1.75. The van der Waals surface area contributed by atoms with E-state index >= 15 is 0 Å². The second-order valence-corrected chi connectivity index (χ2v) is 10.3. The molecule has 2 aromatic heterocycles. The highest BCUT2D eigenvalue weighted by Gasteiger charge is 2.24. The summed E-state index contributed by atoms with van der Waals surface area (Å²) in [5.74, 6) is -0.0512. The first kappa shape index (κ1) is 22.2. The van der Waals surface area contributed by atoms with Gasteiger partial charge >= 0.3 is 0 Å². The molecule has 33 heavy (non-hydrogen) atoms. The van der Waals surface area contributed by atoms with Crippen molar-refractivity contribution in [1.82, 2.24) is 14.5 Å². The van der Waals surface area contributed by atoms with Crippen molar-refractivity contribution >= 4 is 56.5 Å². The highest BCUT2D eigenvalue weighted by molar-refractivity contribution is 7.99. The lowest BCUT2D eigenvalue weighted by Gasteiger charge is -2.21. The number of para-hydroxylation sites is 1. The SMILES string of the molecule is CN1CCc2c(sc3nc(SCC(=O)Nc4ccc(Cl)cc4)n(-c4ccccc4)c(=O)c23)C1. The molecule has 1 amide bonds. The molecule has 0 saturated carbocycles. The van der Waals surface area contributed by atoms with Crippen molar-refractivity contribution in [3.63, 3.8) is 0 Å². The van der Waals surface area contributed by atoms with E-state index in [2.05, 4.69) is 17.3 Å². The maximum Gasteiger partial charge on any atom is 0.267 e. The van der Waals surface area contributed by atoms with Crippen LogP contribution in [0.2, 0.25) is 5.02 Å². The number of rotatable bonds is 5. The molecule has 0 aliphatic carbocycles. The number of thiophene rings is 1. The van der Waals surface area contributed by atoms with E-state index in [0.717, 1.165) is 35.6 Å². The molecule has 168 valence electrons. The van der Waals surface area contributed by atoms with Gasteiger partial charge in [-0.25, -0.2) is 4.98 Å². The average Bonchev–Trinajstić information content (AvgIpc) is 3.17. The van der Waals surface area contributed by atoms with Gasteiger partial charge in [0, 0.05) is 28.7 Å². The van der Waals surface area contributed by atoms with Crippen LogP contribution in [0.3, 0.4) is 0 Å². The Morgan fingerprint density at radius 3 is 2.70 bits per heavy atom. The molecule has 0 unspecified atom stereocenters. The quantitative estimate of drug-likeness (QED) is 0.317. The molecule has 1 aliphatic heterocycles. The molecule has 3 heterocycles. The van der Waals surface area contributed by atoms with Gasteiger partial charge in [0.05, 0.1) is 16.8 Å². The molecule has 6 nitrogen and oxygen atoms in total. The van der Waals surface area contributed by atoms with Gasteiger partial charge in [-0.3, -0.25) is 14.2 Å². The first-order valence-corrected chi connectivity index (χ1v) is 12.7. The Bertz CT molecular complexity index is 1380. The first-order chi connectivity index (χ1) is 16.0. The van der Waals surface area contributed by atoms with Crippen LogP contribution in [-0.2, 0) is 17.8 Å². The standard InChI is InChI=1S/C24H21ClN4O2S2/c1-28-12-11-18-19(13-28)33-22-21(18)23(31)29(17-5-3-2-4-6-17)24(27-22)32-14-20(30)26-16-9-7-15(25)8-10-16/h2-10H,11-14H2,1H3,(H,26,30). The number of halogens is 1. The second kappa shape index (κ2) is 9.30. The first-order valence-electron chi connectivity index (χ1n) is 10.5. The molecular formula is C24H21ClN4O2S2. The monoisotopic (exact) mass is 496 g/mol.